The van der Waals surface area contributed by atoms with E-state index in [0.29, 0.717) is 12.0 Å². The lowest BCUT2D eigenvalue weighted by Gasteiger charge is -2.26. The lowest BCUT2D eigenvalue weighted by molar-refractivity contribution is 0.165. The van der Waals surface area contributed by atoms with Crippen LogP contribution in [0.2, 0.25) is 0 Å². The van der Waals surface area contributed by atoms with Gasteiger partial charge in [0.25, 0.3) is 0 Å². The summed E-state index contributed by atoms with van der Waals surface area (Å²) < 4.78 is 13.4. The molecule has 16 heavy (non-hydrogen) atoms. The minimum atomic E-state index is -0.415. The smallest absolute Gasteiger partial charge is 0.126 e. The van der Waals surface area contributed by atoms with Gasteiger partial charge in [-0.25, -0.2) is 4.39 Å². The zero-order valence-corrected chi connectivity index (χ0v) is 10.0. The number of hydrogen-bond acceptors (Lipinski definition) is 2. The average molecular weight is 240 g/mol. The van der Waals surface area contributed by atoms with Gasteiger partial charge in [-0.15, -0.1) is 0 Å². The molecule has 0 saturated carbocycles. The second kappa shape index (κ2) is 5.69. The number of thioether (sulfide) groups is 1. The van der Waals surface area contributed by atoms with Gasteiger partial charge < -0.3 is 5.11 Å². The number of rotatable bonds is 3. The maximum absolute atomic E-state index is 13.4. The van der Waals surface area contributed by atoms with Crippen LogP contribution in [0.15, 0.2) is 24.3 Å². The number of aliphatic hydroxyl groups is 1. The molecule has 1 aromatic carbocycles. The summed E-state index contributed by atoms with van der Waals surface area (Å²) in [5, 5.41) is 10.3. The van der Waals surface area contributed by atoms with Gasteiger partial charge in [0.1, 0.15) is 5.82 Å². The molecule has 88 valence electrons. The highest BCUT2D eigenvalue weighted by Gasteiger charge is 2.23. The van der Waals surface area contributed by atoms with E-state index in [1.54, 1.807) is 12.1 Å². The van der Waals surface area contributed by atoms with Gasteiger partial charge in [-0.1, -0.05) is 24.6 Å². The van der Waals surface area contributed by atoms with Crippen LogP contribution in [0.4, 0.5) is 4.39 Å². The summed E-state index contributed by atoms with van der Waals surface area (Å²) in [6.07, 6.45) is 3.51. The van der Waals surface area contributed by atoms with Gasteiger partial charge in [0.15, 0.2) is 0 Å². The fraction of sp³-hybridized carbons (Fsp3) is 0.538. The van der Waals surface area contributed by atoms with Crippen molar-refractivity contribution >= 4 is 11.8 Å². The number of benzene rings is 1. The Morgan fingerprint density at radius 2 is 2.19 bits per heavy atom. The van der Waals surface area contributed by atoms with Crippen LogP contribution >= 0.6 is 11.8 Å². The van der Waals surface area contributed by atoms with Crippen molar-refractivity contribution in [3.05, 3.63) is 35.6 Å². The minimum absolute atomic E-state index is 0.206. The van der Waals surface area contributed by atoms with Gasteiger partial charge in [0.05, 0.1) is 6.10 Å². The van der Waals surface area contributed by atoms with Crippen molar-refractivity contribution in [2.75, 3.05) is 5.75 Å². The van der Waals surface area contributed by atoms with E-state index in [0.717, 1.165) is 12.2 Å². The summed E-state index contributed by atoms with van der Waals surface area (Å²) in [5.41, 5.74) is 0.626. The van der Waals surface area contributed by atoms with E-state index in [9.17, 15) is 9.50 Å². The maximum Gasteiger partial charge on any atom is 0.126 e. The minimum Gasteiger partial charge on any atom is -0.392 e. The molecule has 0 amide bonds. The third-order valence-corrected chi connectivity index (χ3v) is 4.53. The SMILES string of the molecule is OC(Cc1ccccc1F)C1CCCCS1. The summed E-state index contributed by atoms with van der Waals surface area (Å²) in [6, 6.07) is 6.71. The van der Waals surface area contributed by atoms with E-state index in [1.165, 1.54) is 18.9 Å². The van der Waals surface area contributed by atoms with Crippen LogP contribution in [0.3, 0.4) is 0 Å². The van der Waals surface area contributed by atoms with Crippen LogP contribution in [0, 0.1) is 5.82 Å². The van der Waals surface area contributed by atoms with Crippen molar-refractivity contribution in [2.45, 2.75) is 37.0 Å². The molecule has 1 aromatic rings. The molecule has 3 heteroatoms. The Labute approximate surface area is 100 Å². The molecule has 1 N–H and O–H groups in total. The van der Waals surface area contributed by atoms with E-state index in [4.69, 9.17) is 0 Å². The molecule has 0 aromatic heterocycles. The molecule has 2 rings (SSSR count). The monoisotopic (exact) mass is 240 g/mol. The maximum atomic E-state index is 13.4. The van der Waals surface area contributed by atoms with E-state index < -0.39 is 6.10 Å². The predicted molar refractivity (Wildman–Crippen MR) is 66.2 cm³/mol. The van der Waals surface area contributed by atoms with E-state index in [-0.39, 0.29) is 11.1 Å². The predicted octanol–water partition coefficient (Wildman–Crippen LogP) is 3.01. The van der Waals surface area contributed by atoms with Crippen LogP contribution in [-0.2, 0) is 6.42 Å². The van der Waals surface area contributed by atoms with Crippen molar-refractivity contribution in [1.82, 2.24) is 0 Å². The molecule has 0 spiro atoms. The van der Waals surface area contributed by atoms with Gasteiger partial charge in [-0.3, -0.25) is 0 Å². The van der Waals surface area contributed by atoms with Crippen molar-refractivity contribution < 1.29 is 9.50 Å². The number of hydrogen-bond donors (Lipinski definition) is 1. The average Bonchev–Trinajstić information content (AvgIpc) is 2.33. The topological polar surface area (TPSA) is 20.2 Å². The zero-order valence-electron chi connectivity index (χ0n) is 9.23. The summed E-state index contributed by atoms with van der Waals surface area (Å²) in [5.74, 6) is 0.918. The Morgan fingerprint density at radius 1 is 1.38 bits per heavy atom. The van der Waals surface area contributed by atoms with Crippen molar-refractivity contribution in [2.24, 2.45) is 0 Å². The van der Waals surface area contributed by atoms with Crippen LogP contribution in [0.25, 0.3) is 0 Å². The first-order valence-corrected chi connectivity index (χ1v) is 6.85. The third-order valence-electron chi connectivity index (χ3n) is 3.03. The first-order valence-electron chi connectivity index (χ1n) is 5.80. The summed E-state index contributed by atoms with van der Waals surface area (Å²) in [7, 11) is 0. The zero-order chi connectivity index (χ0) is 11.4. The Bertz CT molecular complexity index is 336. The normalized spacial score (nSPS) is 23.0. The Kier molecular flexibility index (Phi) is 4.24. The molecular formula is C13H17FOS. The summed E-state index contributed by atoms with van der Waals surface area (Å²) in [6.45, 7) is 0. The second-order valence-electron chi connectivity index (χ2n) is 4.27. The van der Waals surface area contributed by atoms with Crippen LogP contribution in [0.1, 0.15) is 24.8 Å². The quantitative estimate of drug-likeness (QED) is 0.876. The fourth-order valence-corrected chi connectivity index (χ4v) is 3.42. The van der Waals surface area contributed by atoms with Gasteiger partial charge in [-0.05, 0) is 30.2 Å². The molecule has 1 aliphatic heterocycles. The van der Waals surface area contributed by atoms with Crippen molar-refractivity contribution in [3.63, 3.8) is 0 Å². The van der Waals surface area contributed by atoms with Gasteiger partial charge >= 0.3 is 0 Å². The molecule has 1 fully saturated rings. The molecule has 1 nitrogen and oxygen atoms in total. The van der Waals surface area contributed by atoms with Crippen molar-refractivity contribution in [1.29, 1.82) is 0 Å². The lowest BCUT2D eigenvalue weighted by Crippen LogP contribution is -2.28. The Morgan fingerprint density at radius 3 is 2.88 bits per heavy atom. The molecule has 0 aliphatic carbocycles. The Hall–Kier alpha value is -0.540. The molecule has 1 heterocycles. The van der Waals surface area contributed by atoms with E-state index in [1.807, 2.05) is 17.8 Å². The number of halogens is 1. The van der Waals surface area contributed by atoms with E-state index in [2.05, 4.69) is 0 Å². The Balaban J connectivity index is 1.96. The summed E-state index contributed by atoms with van der Waals surface area (Å²) in [4.78, 5) is 0. The molecule has 0 bridgehead atoms. The first kappa shape index (κ1) is 11.9. The van der Waals surface area contributed by atoms with Gasteiger partial charge in [-0.2, -0.15) is 11.8 Å². The third kappa shape index (κ3) is 2.98. The largest absolute Gasteiger partial charge is 0.392 e. The fourth-order valence-electron chi connectivity index (χ4n) is 2.09. The molecule has 2 atom stereocenters. The summed E-state index contributed by atoms with van der Waals surface area (Å²) >= 11 is 1.82. The van der Waals surface area contributed by atoms with Gasteiger partial charge in [0.2, 0.25) is 0 Å². The van der Waals surface area contributed by atoms with Crippen LogP contribution in [0.5, 0.6) is 0 Å². The van der Waals surface area contributed by atoms with E-state index >= 15 is 0 Å². The van der Waals surface area contributed by atoms with Crippen molar-refractivity contribution in [3.8, 4) is 0 Å². The number of aliphatic hydroxyl groups excluding tert-OH is 1. The highest BCUT2D eigenvalue weighted by molar-refractivity contribution is 8.00. The van der Waals surface area contributed by atoms with Gasteiger partial charge in [0, 0.05) is 11.7 Å². The molecule has 0 radical (unpaired) electrons. The first-order chi connectivity index (χ1) is 7.77. The molecule has 1 saturated heterocycles. The molecule has 1 aliphatic rings. The highest BCUT2D eigenvalue weighted by Crippen LogP contribution is 2.29. The highest BCUT2D eigenvalue weighted by atomic mass is 32.2. The van der Waals surface area contributed by atoms with Crippen LogP contribution < -0.4 is 0 Å². The second-order valence-corrected chi connectivity index (χ2v) is 5.61. The lowest BCUT2D eigenvalue weighted by atomic mass is 10.0. The molecule has 2 unspecified atom stereocenters. The standard InChI is InChI=1S/C13H17FOS/c14-11-6-2-1-5-10(11)9-12(15)13-7-3-4-8-16-13/h1-2,5-6,12-13,15H,3-4,7-9H2. The van der Waals surface area contributed by atoms with Crippen LogP contribution in [-0.4, -0.2) is 22.2 Å². The molecular weight excluding hydrogens is 223 g/mol.